The van der Waals surface area contributed by atoms with Crippen molar-refractivity contribution in [2.45, 2.75) is 43.3 Å². The van der Waals surface area contributed by atoms with Crippen molar-refractivity contribution in [2.75, 3.05) is 10.2 Å². The number of nitrogens with one attached hydrogen (secondary N) is 1. The molecule has 2 aliphatic carbocycles. The Kier molecular flexibility index (Phi) is 5.84. The maximum absolute atomic E-state index is 7.07. The number of rotatable bonds is 5. The van der Waals surface area contributed by atoms with Crippen molar-refractivity contribution in [1.29, 1.82) is 0 Å². The van der Waals surface area contributed by atoms with Gasteiger partial charge in [0, 0.05) is 22.7 Å². The highest BCUT2D eigenvalue weighted by Crippen LogP contribution is 2.58. The fraction of sp³-hybridized carbons (Fsp3) is 0.179. The van der Waals surface area contributed by atoms with Crippen LogP contribution in [0.15, 0.2) is 139 Å². The van der Waals surface area contributed by atoms with Crippen LogP contribution in [0.1, 0.15) is 54.0 Å². The Morgan fingerprint density at radius 2 is 1.64 bits per heavy atom. The van der Waals surface area contributed by atoms with Crippen LogP contribution in [0, 0.1) is 0 Å². The fourth-order valence-corrected chi connectivity index (χ4v) is 7.47. The highest BCUT2D eigenvalue weighted by atomic mass is 15.3. The molecule has 8 rings (SSSR count). The van der Waals surface area contributed by atoms with E-state index in [1.807, 2.05) is 0 Å². The average molecular weight is 546 g/mol. The molecule has 2 heterocycles. The van der Waals surface area contributed by atoms with E-state index < -0.39 is 0 Å². The molecule has 0 saturated carbocycles. The van der Waals surface area contributed by atoms with Gasteiger partial charge in [0.25, 0.3) is 0 Å². The first-order valence-electron chi connectivity index (χ1n) is 15.1. The average Bonchev–Trinajstić information content (AvgIpc) is 3.53. The van der Waals surface area contributed by atoms with Gasteiger partial charge in [-0.3, -0.25) is 0 Å². The first-order chi connectivity index (χ1) is 20.6. The highest BCUT2D eigenvalue weighted by molar-refractivity contribution is 5.89. The summed E-state index contributed by atoms with van der Waals surface area (Å²) >= 11 is 0. The van der Waals surface area contributed by atoms with Gasteiger partial charge in [0.15, 0.2) is 0 Å². The molecular formula is C39H35N3. The van der Waals surface area contributed by atoms with Crippen molar-refractivity contribution < 1.29 is 0 Å². The van der Waals surface area contributed by atoms with E-state index in [1.54, 1.807) is 0 Å². The maximum atomic E-state index is 7.07. The van der Waals surface area contributed by atoms with E-state index in [0.29, 0.717) is 5.92 Å². The number of nitrogens with zero attached hydrogens (tertiary/aromatic N) is 1. The van der Waals surface area contributed by atoms with Gasteiger partial charge in [-0.05, 0) is 70.0 Å². The van der Waals surface area contributed by atoms with Crippen molar-refractivity contribution >= 4 is 16.9 Å². The number of hydrogen-bond acceptors (Lipinski definition) is 3. The Morgan fingerprint density at radius 3 is 2.48 bits per heavy atom. The van der Waals surface area contributed by atoms with Crippen molar-refractivity contribution in [3.8, 4) is 11.1 Å². The van der Waals surface area contributed by atoms with Gasteiger partial charge in [0.1, 0.15) is 6.17 Å². The van der Waals surface area contributed by atoms with Crippen molar-refractivity contribution in [1.82, 2.24) is 0 Å². The molecule has 0 spiro atoms. The van der Waals surface area contributed by atoms with Gasteiger partial charge in [-0.25, -0.2) is 0 Å². The topological polar surface area (TPSA) is 41.3 Å². The van der Waals surface area contributed by atoms with Gasteiger partial charge in [-0.1, -0.05) is 122 Å². The lowest BCUT2D eigenvalue weighted by Gasteiger charge is -2.32. The summed E-state index contributed by atoms with van der Waals surface area (Å²) in [6.45, 7) is 2.36. The van der Waals surface area contributed by atoms with Crippen molar-refractivity contribution in [3.63, 3.8) is 0 Å². The van der Waals surface area contributed by atoms with Gasteiger partial charge in [-0.15, -0.1) is 0 Å². The van der Waals surface area contributed by atoms with Crippen LogP contribution in [0.5, 0.6) is 0 Å². The third-order valence-corrected chi connectivity index (χ3v) is 9.57. The number of benzene rings is 4. The first-order valence-corrected chi connectivity index (χ1v) is 15.1. The monoisotopic (exact) mass is 545 g/mol. The molecule has 0 radical (unpaired) electrons. The molecule has 4 aromatic carbocycles. The first kappa shape index (κ1) is 25.1. The summed E-state index contributed by atoms with van der Waals surface area (Å²) in [6.07, 6.45) is 15.9. The van der Waals surface area contributed by atoms with E-state index in [4.69, 9.17) is 5.73 Å². The van der Waals surface area contributed by atoms with Crippen LogP contribution in [-0.4, -0.2) is 6.17 Å². The molecule has 4 aromatic rings. The van der Waals surface area contributed by atoms with E-state index >= 15 is 0 Å². The fourth-order valence-electron chi connectivity index (χ4n) is 7.47. The van der Waals surface area contributed by atoms with Crippen LogP contribution in [-0.2, 0) is 5.41 Å². The number of anilines is 2. The van der Waals surface area contributed by atoms with E-state index in [0.717, 1.165) is 18.5 Å². The molecule has 0 fully saturated rings. The third-order valence-electron chi connectivity index (χ3n) is 9.57. The van der Waals surface area contributed by atoms with Gasteiger partial charge in [0.05, 0.1) is 11.7 Å². The molecule has 4 atom stereocenters. The standard InChI is InChI=1S/C39H35N3/c1-39(29-16-6-3-7-17-29)23-11-15-28(25-39)31-21-22-33-36(40)38(42-34-20-9-8-19-32(34)35(31)37(33)42)41-30-18-10-14-27(24-30)26-12-4-2-5-13-26/h2-18,20-22,24-25,32,36,38,41H,19,23,40H2,1H3/t32?,36-,38?,39?/m0/s1. The number of fused-ring (bicyclic) bond motifs is 3. The number of allylic oxidation sites excluding steroid dienone is 8. The van der Waals surface area contributed by atoms with Crippen LogP contribution in [0.4, 0.5) is 11.4 Å². The molecule has 2 aliphatic heterocycles. The molecule has 4 aliphatic rings. The lowest BCUT2D eigenvalue weighted by atomic mass is 9.73. The van der Waals surface area contributed by atoms with Crippen LogP contribution in [0.3, 0.4) is 0 Å². The second-order valence-corrected chi connectivity index (χ2v) is 12.2. The highest BCUT2D eigenvalue weighted by Gasteiger charge is 2.48. The number of nitrogens with two attached hydrogens (primary N) is 1. The molecule has 0 aromatic heterocycles. The summed E-state index contributed by atoms with van der Waals surface area (Å²) in [5, 5.41) is 3.86. The Morgan fingerprint density at radius 1 is 0.857 bits per heavy atom. The molecule has 3 heteroatoms. The van der Waals surface area contributed by atoms with E-state index in [2.05, 4.69) is 151 Å². The summed E-state index contributed by atoms with van der Waals surface area (Å²) < 4.78 is 0. The lowest BCUT2D eigenvalue weighted by Crippen LogP contribution is -2.42. The molecule has 0 saturated heterocycles. The normalized spacial score (nSPS) is 25.1. The molecule has 3 unspecified atom stereocenters. The smallest absolute Gasteiger partial charge is 0.123 e. The Hall–Kier alpha value is -4.60. The van der Waals surface area contributed by atoms with Crippen molar-refractivity contribution in [3.05, 3.63) is 161 Å². The SMILES string of the molecule is CC1(c2ccccc2)C=C(c2ccc3c4c2C2CC=CC=C2N4C(Nc2cccc(-c4ccccc4)c2)[C@H]3N)C=CC1. The van der Waals surface area contributed by atoms with Crippen molar-refractivity contribution in [2.24, 2.45) is 5.73 Å². The minimum absolute atomic E-state index is 0.0369. The molecule has 0 amide bonds. The van der Waals surface area contributed by atoms with E-state index in [1.165, 1.54) is 50.3 Å². The molecule has 0 bridgehead atoms. The molecule has 206 valence electrons. The number of hydrogen-bond donors (Lipinski definition) is 2. The van der Waals surface area contributed by atoms with Gasteiger partial charge < -0.3 is 16.0 Å². The zero-order valence-corrected chi connectivity index (χ0v) is 23.9. The Labute approximate surface area is 248 Å². The largest absolute Gasteiger partial charge is 0.363 e. The van der Waals surface area contributed by atoms with Gasteiger partial charge in [-0.2, -0.15) is 0 Å². The predicted molar refractivity (Wildman–Crippen MR) is 175 cm³/mol. The second kappa shape index (κ2) is 9.75. The van der Waals surface area contributed by atoms with Gasteiger partial charge in [0.2, 0.25) is 0 Å². The molecule has 3 nitrogen and oxygen atoms in total. The quantitative estimate of drug-likeness (QED) is 0.263. The van der Waals surface area contributed by atoms with E-state index in [-0.39, 0.29) is 17.6 Å². The zero-order chi connectivity index (χ0) is 28.3. The molecule has 3 N–H and O–H groups in total. The summed E-state index contributed by atoms with van der Waals surface area (Å²) in [7, 11) is 0. The third kappa shape index (κ3) is 3.92. The Balaban J connectivity index is 1.21. The molecule has 42 heavy (non-hydrogen) atoms. The maximum Gasteiger partial charge on any atom is 0.123 e. The van der Waals surface area contributed by atoms with Crippen LogP contribution in [0.2, 0.25) is 0 Å². The molecular weight excluding hydrogens is 510 g/mol. The minimum Gasteiger partial charge on any atom is -0.363 e. The minimum atomic E-state index is -0.147. The van der Waals surface area contributed by atoms with Crippen LogP contribution < -0.4 is 16.0 Å². The Bertz CT molecular complexity index is 1800. The zero-order valence-electron chi connectivity index (χ0n) is 23.9. The summed E-state index contributed by atoms with van der Waals surface area (Å²) in [6, 6.07) is 34.6. The predicted octanol–water partition coefficient (Wildman–Crippen LogP) is 8.85. The second-order valence-electron chi connectivity index (χ2n) is 12.2. The van der Waals surface area contributed by atoms with Gasteiger partial charge >= 0.3 is 0 Å². The van der Waals surface area contributed by atoms with Crippen LogP contribution in [0.25, 0.3) is 16.7 Å². The van der Waals surface area contributed by atoms with E-state index in [9.17, 15) is 0 Å². The summed E-state index contributed by atoms with van der Waals surface area (Å²) in [5.41, 5.74) is 19.8. The lowest BCUT2D eigenvalue weighted by molar-refractivity contribution is 0.600. The van der Waals surface area contributed by atoms with Crippen LogP contribution >= 0.6 is 0 Å². The summed E-state index contributed by atoms with van der Waals surface area (Å²) in [5.74, 6) is 0.326. The summed E-state index contributed by atoms with van der Waals surface area (Å²) in [4.78, 5) is 2.51.